The third kappa shape index (κ3) is 4.87. The van der Waals surface area contributed by atoms with Gasteiger partial charge < -0.3 is 13.6 Å². The summed E-state index contributed by atoms with van der Waals surface area (Å²) in [6, 6.07) is 65.7. The van der Waals surface area contributed by atoms with Crippen LogP contribution in [0.25, 0.3) is 111 Å². The summed E-state index contributed by atoms with van der Waals surface area (Å²) < 4.78 is 10.9. The molecule has 0 bridgehead atoms. The van der Waals surface area contributed by atoms with Crippen molar-refractivity contribution < 1.29 is 4.42 Å². The van der Waals surface area contributed by atoms with E-state index >= 15 is 0 Å². The fourth-order valence-corrected chi connectivity index (χ4v) is 8.63. The predicted octanol–water partition coefficient (Wildman–Crippen LogP) is 13.0. The second kappa shape index (κ2) is 12.3. The van der Waals surface area contributed by atoms with Gasteiger partial charge in [0.15, 0.2) is 17.5 Å². The van der Waals surface area contributed by atoms with Crippen molar-refractivity contribution in [1.82, 2.24) is 24.1 Å². The Morgan fingerprint density at radius 1 is 0.333 bits per heavy atom. The molecular formula is C51H31N5O. The zero-order valence-corrected chi connectivity index (χ0v) is 30.5. The number of para-hydroxylation sites is 4. The van der Waals surface area contributed by atoms with Crippen molar-refractivity contribution in [3.63, 3.8) is 0 Å². The average Bonchev–Trinajstić information content (AvgIpc) is 3.94. The zero-order chi connectivity index (χ0) is 37.5. The number of furan rings is 1. The van der Waals surface area contributed by atoms with E-state index in [1.165, 1.54) is 21.7 Å². The van der Waals surface area contributed by atoms with Gasteiger partial charge in [-0.2, -0.15) is 0 Å². The van der Waals surface area contributed by atoms with Gasteiger partial charge >= 0.3 is 0 Å². The Morgan fingerprint density at radius 3 is 1.68 bits per heavy atom. The maximum absolute atomic E-state index is 6.16. The molecule has 6 heteroatoms. The molecule has 12 rings (SSSR count). The summed E-state index contributed by atoms with van der Waals surface area (Å²) in [5, 5.41) is 6.83. The minimum atomic E-state index is 0.602. The molecule has 0 fully saturated rings. The predicted molar refractivity (Wildman–Crippen MR) is 232 cm³/mol. The van der Waals surface area contributed by atoms with Crippen LogP contribution in [0.3, 0.4) is 0 Å². The Balaban J connectivity index is 1.11. The number of aromatic nitrogens is 5. The Kier molecular flexibility index (Phi) is 6.83. The van der Waals surface area contributed by atoms with Gasteiger partial charge in [0.25, 0.3) is 0 Å². The van der Waals surface area contributed by atoms with Crippen LogP contribution < -0.4 is 0 Å². The Labute approximate surface area is 326 Å². The Hall–Kier alpha value is -7.83. The molecule has 0 aliphatic carbocycles. The normalized spacial score (nSPS) is 11.9. The van der Waals surface area contributed by atoms with Crippen LogP contribution >= 0.6 is 0 Å². The van der Waals surface area contributed by atoms with E-state index in [1.807, 2.05) is 60.7 Å². The molecule has 0 N–H and O–H groups in total. The monoisotopic (exact) mass is 729 g/mol. The summed E-state index contributed by atoms with van der Waals surface area (Å²) in [5.74, 6) is 1.82. The molecule has 12 aromatic rings. The topological polar surface area (TPSA) is 61.7 Å². The third-order valence-electron chi connectivity index (χ3n) is 11.2. The number of benzene rings is 8. The van der Waals surface area contributed by atoms with Gasteiger partial charge in [-0.05, 0) is 66.7 Å². The smallest absolute Gasteiger partial charge is 0.164 e. The first-order valence-electron chi connectivity index (χ1n) is 19.1. The molecule has 0 saturated heterocycles. The Morgan fingerprint density at radius 2 is 0.895 bits per heavy atom. The first-order valence-corrected chi connectivity index (χ1v) is 19.1. The quantitative estimate of drug-likeness (QED) is 0.177. The summed E-state index contributed by atoms with van der Waals surface area (Å²) in [7, 11) is 0. The average molecular weight is 730 g/mol. The number of fused-ring (bicyclic) bond motifs is 9. The molecule has 4 heterocycles. The van der Waals surface area contributed by atoms with Crippen molar-refractivity contribution in [3.05, 3.63) is 188 Å². The maximum Gasteiger partial charge on any atom is 0.164 e. The van der Waals surface area contributed by atoms with Crippen LogP contribution in [0.4, 0.5) is 0 Å². The van der Waals surface area contributed by atoms with Gasteiger partial charge in [-0.15, -0.1) is 0 Å². The second-order valence-electron chi connectivity index (χ2n) is 14.4. The molecule has 0 amide bonds. The standard InChI is InChI=1S/C51H31N5O/c1-3-14-32(15-4-1)49-52-50(33-27-29-47-40(30-33)38-19-9-12-25-46(38)57-47)54-51(53-49)34-26-28-37-36-18-7-10-21-41(36)56(45(37)31-34)44-24-13-23-43-48(44)39-20-8-11-22-42(39)55(43)35-16-5-2-6-17-35/h1-31H. The second-order valence-corrected chi connectivity index (χ2v) is 14.4. The minimum Gasteiger partial charge on any atom is -0.456 e. The molecule has 266 valence electrons. The summed E-state index contributed by atoms with van der Waals surface area (Å²) in [4.78, 5) is 15.4. The molecular weight excluding hydrogens is 699 g/mol. The highest BCUT2D eigenvalue weighted by Gasteiger charge is 2.21. The summed E-state index contributed by atoms with van der Waals surface area (Å²) in [6.07, 6.45) is 0. The van der Waals surface area contributed by atoms with Gasteiger partial charge in [0.2, 0.25) is 0 Å². The number of nitrogens with zero attached hydrogens (tertiary/aromatic N) is 5. The molecule has 4 aromatic heterocycles. The summed E-state index contributed by atoms with van der Waals surface area (Å²) in [5.41, 5.74) is 11.2. The molecule has 0 unspecified atom stereocenters. The van der Waals surface area contributed by atoms with Crippen molar-refractivity contribution in [2.75, 3.05) is 0 Å². The van der Waals surface area contributed by atoms with Crippen molar-refractivity contribution in [3.8, 4) is 45.5 Å². The van der Waals surface area contributed by atoms with Gasteiger partial charge in [-0.3, -0.25) is 0 Å². The lowest BCUT2D eigenvalue weighted by Gasteiger charge is -2.12. The van der Waals surface area contributed by atoms with Gasteiger partial charge in [0, 0.05) is 54.7 Å². The van der Waals surface area contributed by atoms with Crippen LogP contribution in [0, 0.1) is 0 Å². The van der Waals surface area contributed by atoms with E-state index in [-0.39, 0.29) is 0 Å². The van der Waals surface area contributed by atoms with Gasteiger partial charge in [0.05, 0.1) is 27.8 Å². The van der Waals surface area contributed by atoms with Crippen LogP contribution in [0.1, 0.15) is 0 Å². The van der Waals surface area contributed by atoms with Crippen molar-refractivity contribution in [1.29, 1.82) is 0 Å². The first kappa shape index (κ1) is 31.5. The molecule has 57 heavy (non-hydrogen) atoms. The lowest BCUT2D eigenvalue weighted by Crippen LogP contribution is -2.00. The highest BCUT2D eigenvalue weighted by Crippen LogP contribution is 2.41. The van der Waals surface area contributed by atoms with Gasteiger partial charge in [-0.25, -0.2) is 15.0 Å². The van der Waals surface area contributed by atoms with Crippen molar-refractivity contribution in [2.24, 2.45) is 0 Å². The van der Waals surface area contributed by atoms with E-state index in [4.69, 9.17) is 19.4 Å². The van der Waals surface area contributed by atoms with Crippen molar-refractivity contribution in [2.45, 2.75) is 0 Å². The molecule has 6 nitrogen and oxygen atoms in total. The fourth-order valence-electron chi connectivity index (χ4n) is 8.63. The van der Waals surface area contributed by atoms with E-state index in [2.05, 4.69) is 137 Å². The van der Waals surface area contributed by atoms with Crippen LogP contribution in [0.2, 0.25) is 0 Å². The zero-order valence-electron chi connectivity index (χ0n) is 30.5. The van der Waals surface area contributed by atoms with Gasteiger partial charge in [-0.1, -0.05) is 121 Å². The summed E-state index contributed by atoms with van der Waals surface area (Å²) in [6.45, 7) is 0. The molecule has 0 aliphatic heterocycles. The van der Waals surface area contributed by atoms with E-state index in [9.17, 15) is 0 Å². The fraction of sp³-hybridized carbons (Fsp3) is 0. The highest BCUT2D eigenvalue weighted by molar-refractivity contribution is 6.16. The molecule has 0 saturated carbocycles. The maximum atomic E-state index is 6.16. The first-order chi connectivity index (χ1) is 28.3. The lowest BCUT2D eigenvalue weighted by atomic mass is 10.1. The van der Waals surface area contributed by atoms with E-state index < -0.39 is 0 Å². The van der Waals surface area contributed by atoms with Crippen LogP contribution in [0.15, 0.2) is 192 Å². The van der Waals surface area contributed by atoms with Gasteiger partial charge in [0.1, 0.15) is 11.2 Å². The molecule has 0 spiro atoms. The number of hydrogen-bond acceptors (Lipinski definition) is 4. The van der Waals surface area contributed by atoms with Crippen LogP contribution in [-0.2, 0) is 0 Å². The van der Waals surface area contributed by atoms with E-state index in [0.29, 0.717) is 17.5 Å². The molecule has 0 aliphatic rings. The van der Waals surface area contributed by atoms with E-state index in [0.717, 1.165) is 71.9 Å². The molecule has 0 radical (unpaired) electrons. The lowest BCUT2D eigenvalue weighted by molar-refractivity contribution is 0.669. The van der Waals surface area contributed by atoms with Crippen LogP contribution in [-0.4, -0.2) is 24.1 Å². The van der Waals surface area contributed by atoms with Crippen LogP contribution in [0.5, 0.6) is 0 Å². The number of rotatable bonds is 5. The van der Waals surface area contributed by atoms with Crippen molar-refractivity contribution >= 4 is 65.6 Å². The minimum absolute atomic E-state index is 0.602. The summed E-state index contributed by atoms with van der Waals surface area (Å²) >= 11 is 0. The number of hydrogen-bond donors (Lipinski definition) is 0. The molecule has 8 aromatic carbocycles. The third-order valence-corrected chi connectivity index (χ3v) is 11.2. The van der Waals surface area contributed by atoms with E-state index in [1.54, 1.807) is 0 Å². The molecule has 0 atom stereocenters. The largest absolute Gasteiger partial charge is 0.456 e. The highest BCUT2D eigenvalue weighted by atomic mass is 16.3. The SMILES string of the molecule is c1ccc(-c2nc(-c3ccc4oc5ccccc5c4c3)nc(-c3ccc4c5ccccc5n(-c5cccc6c5c5ccccc5n6-c5ccccc5)c4c3)n2)cc1. The Bertz CT molecular complexity index is 3520.